The first kappa shape index (κ1) is 17.2. The third-order valence-corrected chi connectivity index (χ3v) is 5.90. The van der Waals surface area contributed by atoms with E-state index in [-0.39, 0.29) is 18.2 Å². The summed E-state index contributed by atoms with van der Waals surface area (Å²) < 4.78 is 0. The Kier molecular flexibility index (Phi) is 4.86. The monoisotopic (exact) mass is 353 g/mol. The molecule has 6 heteroatoms. The lowest BCUT2D eigenvalue weighted by Gasteiger charge is -2.25. The van der Waals surface area contributed by atoms with E-state index in [9.17, 15) is 14.9 Å². The molecule has 2 amide bonds. The van der Waals surface area contributed by atoms with Crippen LogP contribution in [0.1, 0.15) is 45.7 Å². The Bertz CT molecular complexity index is 852. The molecule has 0 saturated carbocycles. The Morgan fingerprint density at radius 3 is 2.68 bits per heavy atom. The van der Waals surface area contributed by atoms with E-state index in [2.05, 4.69) is 6.07 Å². The van der Waals surface area contributed by atoms with Gasteiger partial charge in [-0.3, -0.25) is 9.59 Å². The first-order chi connectivity index (χ1) is 12.0. The van der Waals surface area contributed by atoms with Gasteiger partial charge >= 0.3 is 0 Å². The maximum absolute atomic E-state index is 11.7. The van der Waals surface area contributed by atoms with Crippen molar-refractivity contribution >= 4 is 23.2 Å². The number of benzene rings is 1. The van der Waals surface area contributed by atoms with Gasteiger partial charge in [0.1, 0.15) is 6.07 Å². The van der Waals surface area contributed by atoms with E-state index in [0.29, 0.717) is 25.1 Å². The molecule has 1 aromatic carbocycles. The molecular weight excluding hydrogens is 334 g/mol. The molecule has 3 rings (SSSR count). The molecule has 5 nitrogen and oxygen atoms in total. The molecule has 0 spiro atoms. The number of nitriles is 1. The highest BCUT2D eigenvalue weighted by Gasteiger charge is 2.30. The van der Waals surface area contributed by atoms with Gasteiger partial charge in [-0.05, 0) is 17.5 Å². The number of fused-ring (bicyclic) bond motifs is 1. The van der Waals surface area contributed by atoms with Crippen molar-refractivity contribution in [3.63, 3.8) is 0 Å². The second-order valence-electron chi connectivity index (χ2n) is 6.18. The normalized spacial score (nSPS) is 14.5. The van der Waals surface area contributed by atoms with Crippen molar-refractivity contribution in [1.29, 1.82) is 5.26 Å². The smallest absolute Gasteiger partial charge is 0.219 e. The summed E-state index contributed by atoms with van der Waals surface area (Å²) in [5, 5.41) is 9.73. The zero-order chi connectivity index (χ0) is 18.0. The quantitative estimate of drug-likeness (QED) is 0.916. The SMILES string of the molecule is CC(=O)N1CCc2c(sc(C(CC(N)=O)c3ccccc3)c2C#N)C1. The van der Waals surface area contributed by atoms with Gasteiger partial charge in [0.25, 0.3) is 0 Å². The number of thiophene rings is 1. The summed E-state index contributed by atoms with van der Waals surface area (Å²) in [4.78, 5) is 27.0. The number of hydrogen-bond acceptors (Lipinski definition) is 4. The third kappa shape index (κ3) is 3.42. The van der Waals surface area contributed by atoms with E-state index in [1.165, 1.54) is 11.3 Å². The van der Waals surface area contributed by atoms with Crippen LogP contribution < -0.4 is 5.73 Å². The molecule has 2 heterocycles. The van der Waals surface area contributed by atoms with E-state index < -0.39 is 5.91 Å². The number of nitrogens with zero attached hydrogens (tertiary/aromatic N) is 2. The van der Waals surface area contributed by atoms with Gasteiger partial charge in [-0.25, -0.2) is 0 Å². The maximum Gasteiger partial charge on any atom is 0.219 e. The number of carbonyl (C=O) groups excluding carboxylic acids is 2. The summed E-state index contributed by atoms with van der Waals surface area (Å²) in [5.41, 5.74) is 8.12. The third-order valence-electron chi connectivity index (χ3n) is 4.56. The van der Waals surface area contributed by atoms with Gasteiger partial charge in [0.2, 0.25) is 11.8 Å². The molecule has 128 valence electrons. The standard InChI is InChI=1S/C19H19N3O2S/c1-12(23)22-8-7-14-16(10-20)19(25-17(14)11-22)15(9-18(21)24)13-5-3-2-4-6-13/h2-6,15H,7-9,11H2,1H3,(H2,21,24). The van der Waals surface area contributed by atoms with Crippen LogP contribution in [0.4, 0.5) is 0 Å². The van der Waals surface area contributed by atoms with Crippen LogP contribution in [0.25, 0.3) is 0 Å². The fourth-order valence-electron chi connectivity index (χ4n) is 3.31. The molecule has 1 aliphatic heterocycles. The minimum Gasteiger partial charge on any atom is -0.370 e. The lowest BCUT2D eigenvalue weighted by atomic mass is 9.90. The van der Waals surface area contributed by atoms with E-state index >= 15 is 0 Å². The van der Waals surface area contributed by atoms with Crippen LogP contribution in [-0.4, -0.2) is 23.3 Å². The molecule has 25 heavy (non-hydrogen) atoms. The minimum atomic E-state index is -0.394. The molecule has 1 aliphatic rings. The number of rotatable bonds is 4. The van der Waals surface area contributed by atoms with Crippen LogP contribution in [-0.2, 0) is 22.6 Å². The van der Waals surface area contributed by atoms with Crippen LogP contribution in [0.15, 0.2) is 30.3 Å². The highest BCUT2D eigenvalue weighted by molar-refractivity contribution is 7.12. The van der Waals surface area contributed by atoms with Crippen molar-refractivity contribution in [2.75, 3.05) is 6.54 Å². The van der Waals surface area contributed by atoms with E-state index in [0.717, 1.165) is 20.9 Å². The molecule has 0 radical (unpaired) electrons. The van der Waals surface area contributed by atoms with Crippen LogP contribution in [0.3, 0.4) is 0 Å². The lowest BCUT2D eigenvalue weighted by Crippen LogP contribution is -2.33. The van der Waals surface area contributed by atoms with Gasteiger partial charge in [0.05, 0.1) is 12.1 Å². The average molecular weight is 353 g/mol. The van der Waals surface area contributed by atoms with Crippen LogP contribution in [0, 0.1) is 11.3 Å². The lowest BCUT2D eigenvalue weighted by molar-refractivity contribution is -0.129. The second-order valence-corrected chi connectivity index (χ2v) is 7.32. The van der Waals surface area contributed by atoms with Crippen molar-refractivity contribution in [2.45, 2.75) is 32.2 Å². The molecular formula is C19H19N3O2S. The fraction of sp³-hybridized carbons (Fsp3) is 0.316. The largest absolute Gasteiger partial charge is 0.370 e. The summed E-state index contributed by atoms with van der Waals surface area (Å²) in [5.74, 6) is -0.583. The van der Waals surface area contributed by atoms with Crippen molar-refractivity contribution in [1.82, 2.24) is 4.90 Å². The second kappa shape index (κ2) is 7.08. The Balaban J connectivity index is 2.07. The van der Waals surface area contributed by atoms with Crippen molar-refractivity contribution < 1.29 is 9.59 Å². The molecule has 0 saturated heterocycles. The summed E-state index contributed by atoms with van der Waals surface area (Å²) in [6.45, 7) is 2.71. The Morgan fingerprint density at radius 2 is 2.08 bits per heavy atom. The van der Waals surface area contributed by atoms with E-state index in [4.69, 9.17) is 5.73 Å². The van der Waals surface area contributed by atoms with E-state index in [1.807, 2.05) is 30.3 Å². The number of nitrogens with two attached hydrogens (primary N) is 1. The Labute approximate surface area is 150 Å². The first-order valence-corrected chi connectivity index (χ1v) is 8.96. The highest BCUT2D eigenvalue weighted by Crippen LogP contribution is 2.40. The number of carbonyl (C=O) groups is 2. The van der Waals surface area contributed by atoms with Crippen LogP contribution >= 0.6 is 11.3 Å². The van der Waals surface area contributed by atoms with Gasteiger partial charge in [0, 0.05) is 35.6 Å². The number of hydrogen-bond donors (Lipinski definition) is 1. The van der Waals surface area contributed by atoms with Crippen molar-refractivity contribution in [2.24, 2.45) is 5.73 Å². The molecule has 0 fully saturated rings. The van der Waals surface area contributed by atoms with Crippen LogP contribution in [0.5, 0.6) is 0 Å². The summed E-state index contributed by atoms with van der Waals surface area (Å²) in [6.07, 6.45) is 0.834. The van der Waals surface area contributed by atoms with Crippen molar-refractivity contribution in [3.05, 3.63) is 56.8 Å². The minimum absolute atomic E-state index is 0.0378. The number of amides is 2. The van der Waals surface area contributed by atoms with Crippen LogP contribution in [0.2, 0.25) is 0 Å². The average Bonchev–Trinajstić information content (AvgIpc) is 2.97. The van der Waals surface area contributed by atoms with E-state index in [1.54, 1.807) is 11.8 Å². The Hall–Kier alpha value is -2.65. The molecule has 0 bridgehead atoms. The summed E-state index contributed by atoms with van der Waals surface area (Å²) in [7, 11) is 0. The molecule has 2 N–H and O–H groups in total. The Morgan fingerprint density at radius 1 is 1.36 bits per heavy atom. The summed E-state index contributed by atoms with van der Waals surface area (Å²) in [6, 6.07) is 12.0. The first-order valence-electron chi connectivity index (χ1n) is 8.14. The highest BCUT2D eigenvalue weighted by atomic mass is 32.1. The molecule has 1 unspecified atom stereocenters. The predicted molar refractivity (Wildman–Crippen MR) is 95.9 cm³/mol. The zero-order valence-electron chi connectivity index (χ0n) is 14.0. The fourth-order valence-corrected chi connectivity index (χ4v) is 4.76. The zero-order valence-corrected chi connectivity index (χ0v) is 14.8. The topological polar surface area (TPSA) is 87.2 Å². The molecule has 1 aromatic heterocycles. The van der Waals surface area contributed by atoms with Gasteiger partial charge in [-0.2, -0.15) is 5.26 Å². The molecule has 1 atom stereocenters. The number of primary amides is 1. The predicted octanol–water partition coefficient (Wildman–Crippen LogP) is 2.53. The maximum atomic E-state index is 11.7. The van der Waals surface area contributed by atoms with Crippen molar-refractivity contribution in [3.8, 4) is 6.07 Å². The molecule has 2 aromatic rings. The summed E-state index contributed by atoms with van der Waals surface area (Å²) >= 11 is 1.53. The van der Waals surface area contributed by atoms with Gasteiger partial charge in [-0.15, -0.1) is 11.3 Å². The van der Waals surface area contributed by atoms with Gasteiger partial charge in [0.15, 0.2) is 0 Å². The molecule has 0 aliphatic carbocycles. The van der Waals surface area contributed by atoms with Gasteiger partial charge in [-0.1, -0.05) is 30.3 Å². The van der Waals surface area contributed by atoms with Gasteiger partial charge < -0.3 is 10.6 Å².